The fourth-order valence-electron chi connectivity index (χ4n) is 3.12. The summed E-state index contributed by atoms with van der Waals surface area (Å²) in [4.78, 5) is 17.0. The van der Waals surface area contributed by atoms with Crippen molar-refractivity contribution in [3.63, 3.8) is 0 Å². The van der Waals surface area contributed by atoms with Crippen molar-refractivity contribution in [2.75, 3.05) is 0 Å². The Morgan fingerprint density at radius 2 is 2.09 bits per heavy atom. The molecule has 1 heterocycles. The van der Waals surface area contributed by atoms with Crippen LogP contribution in [0.3, 0.4) is 0 Å². The first-order valence-electron chi connectivity index (χ1n) is 7.67. The third kappa shape index (κ3) is 2.80. The van der Waals surface area contributed by atoms with Crippen LogP contribution in [-0.4, -0.2) is 10.9 Å². The number of rotatable bonds is 4. The number of hydrogen-bond donors (Lipinski definition) is 1. The number of nitrogens with zero attached hydrogens (tertiary/aromatic N) is 1. The maximum atomic E-state index is 12.4. The van der Waals surface area contributed by atoms with Gasteiger partial charge in [-0.2, -0.15) is 0 Å². The van der Waals surface area contributed by atoms with Crippen molar-refractivity contribution in [1.82, 2.24) is 10.3 Å². The van der Waals surface area contributed by atoms with Gasteiger partial charge in [0.25, 0.3) is 0 Å². The minimum Gasteiger partial charge on any atom is -0.349 e. The van der Waals surface area contributed by atoms with E-state index in [0.29, 0.717) is 12.5 Å². The Morgan fingerprint density at radius 3 is 2.77 bits per heavy atom. The number of carbonyl (C=O) groups is 1. The van der Waals surface area contributed by atoms with Crippen molar-refractivity contribution in [2.24, 2.45) is 17.3 Å². The Labute approximate surface area is 135 Å². The molecule has 1 amide bonds. The number of allylic oxidation sites excluding steroid dienone is 2. The van der Waals surface area contributed by atoms with Crippen molar-refractivity contribution in [3.05, 3.63) is 40.9 Å². The van der Waals surface area contributed by atoms with Gasteiger partial charge in [0.15, 0.2) is 0 Å². The summed E-state index contributed by atoms with van der Waals surface area (Å²) in [5, 5.41) is 4.03. The monoisotopic (exact) mass is 314 g/mol. The maximum absolute atomic E-state index is 12.4. The predicted molar refractivity (Wildman–Crippen MR) is 91.7 cm³/mol. The lowest BCUT2D eigenvalue weighted by atomic mass is 10.1. The van der Waals surface area contributed by atoms with E-state index < -0.39 is 0 Å². The van der Waals surface area contributed by atoms with Crippen LogP contribution in [0.1, 0.15) is 32.7 Å². The number of hydrogen-bond acceptors (Lipinski definition) is 3. The molecule has 0 spiro atoms. The van der Waals surface area contributed by atoms with Crippen LogP contribution >= 0.6 is 11.3 Å². The van der Waals surface area contributed by atoms with Gasteiger partial charge < -0.3 is 5.32 Å². The van der Waals surface area contributed by atoms with Gasteiger partial charge in [0.1, 0.15) is 5.01 Å². The van der Waals surface area contributed by atoms with Crippen LogP contribution in [0.25, 0.3) is 10.2 Å². The number of aromatic nitrogens is 1. The van der Waals surface area contributed by atoms with Gasteiger partial charge in [-0.15, -0.1) is 11.3 Å². The lowest BCUT2D eigenvalue weighted by molar-refractivity contribution is -0.123. The molecule has 22 heavy (non-hydrogen) atoms. The molecule has 1 aromatic heterocycles. The molecule has 3 nitrogen and oxygen atoms in total. The molecule has 1 aliphatic rings. The summed E-state index contributed by atoms with van der Waals surface area (Å²) in [5.74, 6) is 0.580. The van der Waals surface area contributed by atoms with Gasteiger partial charge in [-0.1, -0.05) is 37.6 Å². The number of fused-ring (bicyclic) bond motifs is 1. The Kier molecular flexibility index (Phi) is 3.81. The van der Waals surface area contributed by atoms with Gasteiger partial charge in [0, 0.05) is 0 Å². The van der Waals surface area contributed by atoms with Gasteiger partial charge in [-0.3, -0.25) is 4.79 Å². The Morgan fingerprint density at radius 1 is 1.36 bits per heavy atom. The molecule has 1 saturated carbocycles. The molecular weight excluding hydrogens is 292 g/mol. The molecular formula is C18H22N2OS. The van der Waals surface area contributed by atoms with E-state index in [2.05, 4.69) is 50.1 Å². The van der Waals surface area contributed by atoms with Gasteiger partial charge in [-0.25, -0.2) is 4.98 Å². The first-order chi connectivity index (χ1) is 10.4. The van der Waals surface area contributed by atoms with E-state index in [1.165, 1.54) is 10.3 Å². The minimum atomic E-state index is 0.0644. The van der Waals surface area contributed by atoms with Crippen molar-refractivity contribution < 1.29 is 4.79 Å². The number of benzene rings is 1. The van der Waals surface area contributed by atoms with Gasteiger partial charge in [-0.05, 0) is 37.3 Å². The highest BCUT2D eigenvalue weighted by Crippen LogP contribution is 2.59. The second-order valence-electron chi connectivity index (χ2n) is 6.86. The van der Waals surface area contributed by atoms with Crippen molar-refractivity contribution >= 4 is 27.5 Å². The van der Waals surface area contributed by atoms with E-state index in [-0.39, 0.29) is 17.2 Å². The van der Waals surface area contributed by atoms with Crippen molar-refractivity contribution in [1.29, 1.82) is 0 Å². The van der Waals surface area contributed by atoms with Crippen LogP contribution < -0.4 is 5.32 Å². The molecule has 3 rings (SSSR count). The van der Waals surface area contributed by atoms with E-state index in [1.54, 1.807) is 11.3 Å². The fraction of sp³-hybridized carbons (Fsp3) is 0.444. The van der Waals surface area contributed by atoms with Crippen LogP contribution in [0.5, 0.6) is 0 Å². The van der Waals surface area contributed by atoms with Crippen LogP contribution in [0, 0.1) is 17.3 Å². The van der Waals surface area contributed by atoms with Crippen LogP contribution in [-0.2, 0) is 11.3 Å². The maximum Gasteiger partial charge on any atom is 0.224 e. The molecule has 2 atom stereocenters. The van der Waals surface area contributed by atoms with Crippen LogP contribution in [0.2, 0.25) is 0 Å². The summed E-state index contributed by atoms with van der Waals surface area (Å²) in [6, 6.07) is 8.07. The topological polar surface area (TPSA) is 42.0 Å². The fourth-order valence-corrected chi connectivity index (χ4v) is 4.02. The van der Waals surface area contributed by atoms with Gasteiger partial charge >= 0.3 is 0 Å². The normalized spacial score (nSPS) is 22.4. The third-order valence-corrected chi connectivity index (χ3v) is 5.49. The van der Waals surface area contributed by atoms with Gasteiger partial charge in [0.05, 0.1) is 22.7 Å². The average molecular weight is 314 g/mol. The molecule has 1 aromatic carbocycles. The van der Waals surface area contributed by atoms with Crippen LogP contribution in [0.15, 0.2) is 35.9 Å². The molecule has 0 bridgehead atoms. The Balaban J connectivity index is 1.64. The zero-order valence-corrected chi connectivity index (χ0v) is 14.3. The summed E-state index contributed by atoms with van der Waals surface area (Å²) >= 11 is 1.64. The predicted octanol–water partition coefficient (Wildman–Crippen LogP) is 4.15. The van der Waals surface area contributed by atoms with E-state index >= 15 is 0 Å². The van der Waals surface area contributed by atoms with Crippen molar-refractivity contribution in [3.8, 4) is 0 Å². The minimum absolute atomic E-state index is 0.0644. The third-order valence-electron chi connectivity index (χ3n) is 4.46. The number of amides is 1. The Hall–Kier alpha value is -1.68. The molecule has 0 aliphatic heterocycles. The quantitative estimate of drug-likeness (QED) is 0.861. The molecule has 1 aliphatic carbocycles. The highest BCUT2D eigenvalue weighted by atomic mass is 32.1. The second kappa shape index (κ2) is 5.51. The highest BCUT2D eigenvalue weighted by Gasteiger charge is 2.60. The summed E-state index contributed by atoms with van der Waals surface area (Å²) in [6.45, 7) is 9.03. The summed E-state index contributed by atoms with van der Waals surface area (Å²) in [7, 11) is 0. The molecule has 116 valence electrons. The molecule has 1 N–H and O–H groups in total. The Bertz CT molecular complexity index is 707. The first kappa shape index (κ1) is 15.2. The van der Waals surface area contributed by atoms with E-state index in [0.717, 1.165) is 10.5 Å². The second-order valence-corrected chi connectivity index (χ2v) is 7.98. The lowest BCUT2D eigenvalue weighted by Gasteiger charge is -2.03. The van der Waals surface area contributed by atoms with Crippen molar-refractivity contribution in [2.45, 2.75) is 34.2 Å². The number of para-hydroxylation sites is 1. The van der Waals surface area contributed by atoms with E-state index in [9.17, 15) is 4.79 Å². The summed E-state index contributed by atoms with van der Waals surface area (Å²) < 4.78 is 1.17. The smallest absolute Gasteiger partial charge is 0.224 e. The van der Waals surface area contributed by atoms with Gasteiger partial charge in [0.2, 0.25) is 5.91 Å². The van der Waals surface area contributed by atoms with Crippen LogP contribution in [0.4, 0.5) is 0 Å². The number of thiazole rings is 1. The molecule has 1 fully saturated rings. The molecule has 0 radical (unpaired) electrons. The zero-order chi connectivity index (χ0) is 15.9. The zero-order valence-electron chi connectivity index (χ0n) is 13.5. The molecule has 0 saturated heterocycles. The average Bonchev–Trinajstić information content (AvgIpc) is 2.83. The molecule has 2 aromatic rings. The lowest BCUT2D eigenvalue weighted by Crippen LogP contribution is -2.26. The summed E-state index contributed by atoms with van der Waals surface area (Å²) in [5.41, 5.74) is 2.35. The van der Waals surface area contributed by atoms with E-state index in [4.69, 9.17) is 0 Å². The summed E-state index contributed by atoms with van der Waals surface area (Å²) in [6.07, 6.45) is 2.22. The highest BCUT2D eigenvalue weighted by molar-refractivity contribution is 7.18. The molecule has 0 unspecified atom stereocenters. The molecule has 4 heteroatoms. The standard InChI is InChI=1S/C18H22N2OS/c1-11(2)9-12-16(18(12,3)4)17(21)19-10-15-20-13-7-5-6-8-14(13)22-15/h5-9,12,16H,10H2,1-4H3,(H,19,21)/t12-,16+/m0/s1. The first-order valence-corrected chi connectivity index (χ1v) is 8.48. The number of nitrogens with one attached hydrogen (secondary N) is 1. The van der Waals surface area contributed by atoms with E-state index in [1.807, 2.05) is 18.2 Å². The SMILES string of the molecule is CC(C)=C[C@H]1[C@H](C(=O)NCc2nc3ccccc3s2)C1(C)C. The number of carbonyl (C=O) groups excluding carboxylic acids is 1. The largest absolute Gasteiger partial charge is 0.349 e.